The first-order valence-corrected chi connectivity index (χ1v) is 5.68. The Kier molecular flexibility index (Phi) is 4.04. The molecule has 0 aliphatic carbocycles. The second-order valence-electron chi connectivity index (χ2n) is 3.65. The summed E-state index contributed by atoms with van der Waals surface area (Å²) < 4.78 is 5.46. The molecule has 1 aromatic rings. The van der Waals surface area contributed by atoms with Gasteiger partial charge in [0.1, 0.15) is 0 Å². The molecule has 0 aliphatic rings. The minimum absolute atomic E-state index is 0.0259. The van der Waals surface area contributed by atoms with Gasteiger partial charge < -0.3 is 10.5 Å². The van der Waals surface area contributed by atoms with Crippen molar-refractivity contribution >= 4 is 11.3 Å². The number of nitrogens with two attached hydrogens (primary N) is 1. The lowest BCUT2D eigenvalue weighted by atomic mass is 9.91. The predicted molar refractivity (Wildman–Crippen MR) is 59.5 cm³/mol. The summed E-state index contributed by atoms with van der Waals surface area (Å²) in [5.74, 6) is 0. The van der Waals surface area contributed by atoms with Crippen molar-refractivity contribution in [3.63, 3.8) is 0 Å². The van der Waals surface area contributed by atoms with Gasteiger partial charge >= 0.3 is 0 Å². The molecule has 0 amide bonds. The van der Waals surface area contributed by atoms with E-state index >= 15 is 0 Å². The van der Waals surface area contributed by atoms with Crippen LogP contribution in [0.15, 0.2) is 11.7 Å². The minimum Gasteiger partial charge on any atom is -0.377 e. The average Bonchev–Trinajstić information content (AvgIpc) is 2.69. The molecule has 0 saturated heterocycles. The van der Waals surface area contributed by atoms with Crippen LogP contribution in [0, 0.1) is 0 Å². The number of aromatic nitrogens is 1. The summed E-state index contributed by atoms with van der Waals surface area (Å²) in [4.78, 5) is 5.25. The van der Waals surface area contributed by atoms with E-state index in [2.05, 4.69) is 18.8 Å². The lowest BCUT2D eigenvalue weighted by Gasteiger charge is -2.32. The fourth-order valence-electron chi connectivity index (χ4n) is 1.33. The van der Waals surface area contributed by atoms with Crippen LogP contribution in [0.3, 0.4) is 0 Å². The van der Waals surface area contributed by atoms with Gasteiger partial charge in [-0.15, -0.1) is 11.3 Å². The molecule has 0 aliphatic heterocycles. The van der Waals surface area contributed by atoms with Crippen LogP contribution in [0.5, 0.6) is 0 Å². The number of hydrogen-bond donors (Lipinski definition) is 1. The SMILES string of the molecule is CCC(C)(OC)C(N)Cc1cncs1. The maximum absolute atomic E-state index is 6.12. The van der Waals surface area contributed by atoms with Crippen LogP contribution in [0.25, 0.3) is 0 Å². The van der Waals surface area contributed by atoms with Gasteiger partial charge in [-0.2, -0.15) is 0 Å². The van der Waals surface area contributed by atoms with Crippen LogP contribution in [-0.4, -0.2) is 23.7 Å². The smallest absolute Gasteiger partial charge is 0.0801 e. The van der Waals surface area contributed by atoms with E-state index in [1.54, 1.807) is 18.4 Å². The minimum atomic E-state index is -0.232. The highest BCUT2D eigenvalue weighted by Crippen LogP contribution is 2.21. The summed E-state index contributed by atoms with van der Waals surface area (Å²) in [6.45, 7) is 4.15. The summed E-state index contributed by atoms with van der Waals surface area (Å²) in [5, 5.41) is 0. The predicted octanol–water partition coefficient (Wildman–Crippen LogP) is 1.83. The van der Waals surface area contributed by atoms with Crippen molar-refractivity contribution < 1.29 is 4.74 Å². The Labute approximate surface area is 89.3 Å². The van der Waals surface area contributed by atoms with E-state index < -0.39 is 0 Å². The highest BCUT2D eigenvalue weighted by atomic mass is 32.1. The van der Waals surface area contributed by atoms with Crippen molar-refractivity contribution in [2.45, 2.75) is 38.3 Å². The fourth-order valence-corrected chi connectivity index (χ4v) is 1.99. The lowest BCUT2D eigenvalue weighted by molar-refractivity contribution is -0.0182. The molecule has 2 atom stereocenters. The van der Waals surface area contributed by atoms with Gasteiger partial charge in [0, 0.05) is 30.6 Å². The van der Waals surface area contributed by atoms with Crippen LogP contribution in [-0.2, 0) is 11.2 Å². The third-order valence-electron chi connectivity index (χ3n) is 2.86. The second kappa shape index (κ2) is 4.87. The molecule has 0 bridgehead atoms. The monoisotopic (exact) mass is 214 g/mol. The highest BCUT2D eigenvalue weighted by Gasteiger charge is 2.29. The van der Waals surface area contributed by atoms with Crippen molar-refractivity contribution in [1.82, 2.24) is 4.98 Å². The van der Waals surface area contributed by atoms with Gasteiger partial charge in [0.2, 0.25) is 0 Å². The fraction of sp³-hybridized carbons (Fsp3) is 0.700. The number of hydrogen-bond acceptors (Lipinski definition) is 4. The lowest BCUT2D eigenvalue weighted by Crippen LogP contribution is -2.47. The number of rotatable bonds is 5. The van der Waals surface area contributed by atoms with Gasteiger partial charge in [-0.25, -0.2) is 0 Å². The van der Waals surface area contributed by atoms with Gasteiger partial charge in [-0.1, -0.05) is 6.92 Å². The Morgan fingerprint density at radius 2 is 2.43 bits per heavy atom. The number of ether oxygens (including phenoxy) is 1. The Morgan fingerprint density at radius 1 is 1.71 bits per heavy atom. The van der Waals surface area contributed by atoms with E-state index in [1.165, 1.54) is 4.88 Å². The van der Waals surface area contributed by atoms with Crippen LogP contribution in [0.1, 0.15) is 25.1 Å². The summed E-state index contributed by atoms with van der Waals surface area (Å²) >= 11 is 1.64. The Bertz CT molecular complexity index is 257. The summed E-state index contributed by atoms with van der Waals surface area (Å²) in [6.07, 6.45) is 3.63. The quantitative estimate of drug-likeness (QED) is 0.813. The molecule has 2 unspecified atom stereocenters. The second-order valence-corrected chi connectivity index (χ2v) is 4.62. The van der Waals surface area contributed by atoms with Gasteiger partial charge in [0.25, 0.3) is 0 Å². The highest BCUT2D eigenvalue weighted by molar-refractivity contribution is 7.09. The van der Waals surface area contributed by atoms with Crippen LogP contribution < -0.4 is 5.73 Å². The average molecular weight is 214 g/mol. The molecule has 1 rings (SSSR count). The van der Waals surface area contributed by atoms with E-state index in [4.69, 9.17) is 10.5 Å². The third-order valence-corrected chi connectivity index (χ3v) is 3.66. The van der Waals surface area contributed by atoms with Crippen molar-refractivity contribution in [2.24, 2.45) is 5.73 Å². The molecule has 0 radical (unpaired) electrons. The van der Waals surface area contributed by atoms with Crippen molar-refractivity contribution in [3.05, 3.63) is 16.6 Å². The third kappa shape index (κ3) is 2.53. The van der Waals surface area contributed by atoms with Crippen molar-refractivity contribution in [2.75, 3.05) is 7.11 Å². The Morgan fingerprint density at radius 3 is 2.86 bits per heavy atom. The largest absolute Gasteiger partial charge is 0.377 e. The first-order valence-electron chi connectivity index (χ1n) is 4.80. The van der Waals surface area contributed by atoms with Gasteiger partial charge in [0.05, 0.1) is 11.1 Å². The first kappa shape index (κ1) is 11.6. The molecule has 3 nitrogen and oxygen atoms in total. The first-order chi connectivity index (χ1) is 6.62. The van der Waals surface area contributed by atoms with E-state index in [9.17, 15) is 0 Å². The molecule has 14 heavy (non-hydrogen) atoms. The van der Waals surface area contributed by atoms with Gasteiger partial charge in [0.15, 0.2) is 0 Å². The van der Waals surface area contributed by atoms with E-state index in [0.29, 0.717) is 0 Å². The normalized spacial score (nSPS) is 17.7. The van der Waals surface area contributed by atoms with Crippen molar-refractivity contribution in [1.29, 1.82) is 0 Å². The topological polar surface area (TPSA) is 48.1 Å². The molecule has 2 N–H and O–H groups in total. The standard InChI is InChI=1S/C10H18N2OS/c1-4-10(2,13-3)9(11)5-8-6-12-7-14-8/h6-7,9H,4-5,11H2,1-3H3. The Balaban J connectivity index is 2.60. The molecule has 0 fully saturated rings. The molecular weight excluding hydrogens is 196 g/mol. The zero-order chi connectivity index (χ0) is 10.6. The molecule has 0 spiro atoms. The molecule has 0 aromatic carbocycles. The zero-order valence-corrected chi connectivity index (χ0v) is 9.80. The maximum Gasteiger partial charge on any atom is 0.0801 e. The molecule has 4 heteroatoms. The molecule has 0 saturated carbocycles. The van der Waals surface area contributed by atoms with Crippen LogP contribution >= 0.6 is 11.3 Å². The number of thiazole rings is 1. The molecule has 1 heterocycles. The summed E-state index contributed by atoms with van der Waals surface area (Å²) in [6, 6.07) is 0.0259. The molecule has 1 aromatic heterocycles. The van der Waals surface area contributed by atoms with Gasteiger partial charge in [-0.3, -0.25) is 4.98 Å². The maximum atomic E-state index is 6.12. The van der Waals surface area contributed by atoms with E-state index in [-0.39, 0.29) is 11.6 Å². The van der Waals surface area contributed by atoms with E-state index in [1.807, 2.05) is 11.7 Å². The summed E-state index contributed by atoms with van der Waals surface area (Å²) in [5.41, 5.74) is 7.72. The van der Waals surface area contributed by atoms with E-state index in [0.717, 1.165) is 12.8 Å². The number of nitrogens with zero attached hydrogens (tertiary/aromatic N) is 1. The zero-order valence-electron chi connectivity index (χ0n) is 8.99. The van der Waals surface area contributed by atoms with Gasteiger partial charge in [-0.05, 0) is 13.3 Å². The Hall–Kier alpha value is -0.450. The van der Waals surface area contributed by atoms with Crippen LogP contribution in [0.2, 0.25) is 0 Å². The van der Waals surface area contributed by atoms with Crippen LogP contribution in [0.4, 0.5) is 0 Å². The van der Waals surface area contributed by atoms with Crippen molar-refractivity contribution in [3.8, 4) is 0 Å². The molecule has 80 valence electrons. The number of methoxy groups -OCH3 is 1. The molecular formula is C10H18N2OS. The summed E-state index contributed by atoms with van der Waals surface area (Å²) in [7, 11) is 1.72.